The Kier molecular flexibility index (Phi) is 3.71. The number of nitrogens with zero attached hydrogens (tertiary/aromatic N) is 1. The molecule has 1 saturated heterocycles. The number of ether oxygens (including phenoxy) is 1. The van der Waals surface area contributed by atoms with Crippen molar-refractivity contribution in [3.05, 3.63) is 52.0 Å². The summed E-state index contributed by atoms with van der Waals surface area (Å²) >= 11 is 0. The van der Waals surface area contributed by atoms with Crippen LogP contribution in [0.1, 0.15) is 46.6 Å². The average molecular weight is 342 g/mol. The summed E-state index contributed by atoms with van der Waals surface area (Å²) in [6, 6.07) is 8.43. The van der Waals surface area contributed by atoms with Gasteiger partial charge in [0.1, 0.15) is 11.4 Å². The van der Waals surface area contributed by atoms with Gasteiger partial charge in [-0.15, -0.1) is 0 Å². The van der Waals surface area contributed by atoms with Gasteiger partial charge in [0, 0.05) is 19.5 Å². The number of ketones is 1. The normalized spacial score (nSPS) is 23.0. The Balaban J connectivity index is 1.53. The van der Waals surface area contributed by atoms with E-state index in [2.05, 4.69) is 5.16 Å². The van der Waals surface area contributed by atoms with E-state index >= 15 is 0 Å². The summed E-state index contributed by atoms with van der Waals surface area (Å²) < 4.78 is 11.1. The van der Waals surface area contributed by atoms with Gasteiger partial charge >= 0.3 is 0 Å². The summed E-state index contributed by atoms with van der Waals surface area (Å²) in [5.74, 6) is 0.387. The van der Waals surface area contributed by atoms with Crippen LogP contribution in [0.3, 0.4) is 0 Å². The number of amides is 1. The Morgan fingerprint density at radius 3 is 2.80 bits per heavy atom. The molecule has 1 fully saturated rings. The summed E-state index contributed by atoms with van der Waals surface area (Å²) in [4.78, 5) is 37.8. The SMILES string of the molecule is O=C1CC2(CCCN(C(=O)c3cc(=O)[nH]o3)CC2)Oc2ccccc21. The Morgan fingerprint density at radius 1 is 1.16 bits per heavy atom. The number of nitrogens with one attached hydrogen (secondary N) is 1. The lowest BCUT2D eigenvalue weighted by atomic mass is 9.84. The van der Waals surface area contributed by atoms with Crippen LogP contribution >= 0.6 is 0 Å². The van der Waals surface area contributed by atoms with Crippen LogP contribution in [0.4, 0.5) is 0 Å². The second-order valence-corrected chi connectivity index (χ2v) is 6.60. The zero-order valence-electron chi connectivity index (χ0n) is 13.6. The molecular formula is C18H18N2O5. The van der Waals surface area contributed by atoms with Crippen molar-refractivity contribution < 1.29 is 18.8 Å². The van der Waals surface area contributed by atoms with Crippen molar-refractivity contribution in [2.24, 2.45) is 0 Å². The lowest BCUT2D eigenvalue weighted by Crippen LogP contribution is -2.43. The van der Waals surface area contributed by atoms with Gasteiger partial charge in [-0.1, -0.05) is 12.1 Å². The molecule has 130 valence electrons. The third-order valence-electron chi connectivity index (χ3n) is 4.92. The number of fused-ring (bicyclic) bond motifs is 1. The fourth-order valence-corrected chi connectivity index (χ4v) is 3.64. The minimum atomic E-state index is -0.570. The fourth-order valence-electron chi connectivity index (χ4n) is 3.64. The highest BCUT2D eigenvalue weighted by molar-refractivity contribution is 6.00. The van der Waals surface area contributed by atoms with E-state index in [-0.39, 0.29) is 17.5 Å². The molecule has 0 aliphatic carbocycles. The molecule has 0 saturated carbocycles. The van der Waals surface area contributed by atoms with Gasteiger partial charge in [0.25, 0.3) is 11.5 Å². The maximum Gasteiger partial charge on any atom is 0.292 e. The van der Waals surface area contributed by atoms with Gasteiger partial charge in [-0.25, -0.2) is 0 Å². The van der Waals surface area contributed by atoms with Crippen LogP contribution in [-0.4, -0.2) is 40.4 Å². The molecule has 0 bridgehead atoms. The maximum absolute atomic E-state index is 12.5. The van der Waals surface area contributed by atoms with Crippen molar-refractivity contribution in [1.29, 1.82) is 0 Å². The molecule has 1 spiro atoms. The predicted octanol–water partition coefficient (Wildman–Crippen LogP) is 2.00. The van der Waals surface area contributed by atoms with Gasteiger partial charge in [-0.2, -0.15) is 5.16 Å². The molecule has 3 heterocycles. The predicted molar refractivity (Wildman–Crippen MR) is 87.8 cm³/mol. The van der Waals surface area contributed by atoms with Gasteiger partial charge in [-0.05, 0) is 25.0 Å². The molecule has 1 aromatic heterocycles. The van der Waals surface area contributed by atoms with E-state index < -0.39 is 11.2 Å². The lowest BCUT2D eigenvalue weighted by Gasteiger charge is -2.37. The monoisotopic (exact) mass is 342 g/mol. The first-order valence-corrected chi connectivity index (χ1v) is 8.35. The first-order valence-electron chi connectivity index (χ1n) is 8.35. The van der Waals surface area contributed by atoms with Crippen LogP contribution < -0.4 is 10.3 Å². The highest BCUT2D eigenvalue weighted by Gasteiger charge is 2.42. The molecule has 0 radical (unpaired) electrons. The topological polar surface area (TPSA) is 92.6 Å². The first-order chi connectivity index (χ1) is 12.1. The molecule has 2 aromatic rings. The van der Waals surface area contributed by atoms with Crippen LogP contribution in [0.5, 0.6) is 5.75 Å². The third kappa shape index (κ3) is 2.86. The maximum atomic E-state index is 12.5. The average Bonchev–Trinajstić information content (AvgIpc) is 2.94. The summed E-state index contributed by atoms with van der Waals surface area (Å²) in [7, 11) is 0. The number of hydrogen-bond donors (Lipinski definition) is 1. The number of carbonyl (C=O) groups is 2. The second-order valence-electron chi connectivity index (χ2n) is 6.60. The van der Waals surface area contributed by atoms with Gasteiger partial charge in [-0.3, -0.25) is 14.4 Å². The summed E-state index contributed by atoms with van der Waals surface area (Å²) in [5, 5.41) is 2.13. The molecule has 1 atom stereocenters. The zero-order chi connectivity index (χ0) is 17.4. The number of hydrogen-bond acceptors (Lipinski definition) is 5. The minimum absolute atomic E-state index is 0.00642. The molecular weight excluding hydrogens is 324 g/mol. The molecule has 1 aromatic carbocycles. The van der Waals surface area contributed by atoms with E-state index in [1.165, 1.54) is 0 Å². The summed E-state index contributed by atoms with van der Waals surface area (Å²) in [6.07, 6.45) is 2.31. The Hall–Kier alpha value is -2.83. The first kappa shape index (κ1) is 15.7. The number of para-hydroxylation sites is 1. The van der Waals surface area contributed by atoms with Crippen molar-refractivity contribution in [3.8, 4) is 5.75 Å². The molecule has 25 heavy (non-hydrogen) atoms. The van der Waals surface area contributed by atoms with Gasteiger partial charge in [0.2, 0.25) is 5.76 Å². The number of H-pyrrole nitrogens is 1. The van der Waals surface area contributed by atoms with Crippen molar-refractivity contribution in [2.45, 2.75) is 31.3 Å². The summed E-state index contributed by atoms with van der Waals surface area (Å²) in [6.45, 7) is 0.984. The van der Waals surface area contributed by atoms with Crippen molar-refractivity contribution >= 4 is 11.7 Å². The number of likely N-dealkylation sites (tertiary alicyclic amines) is 1. The highest BCUT2D eigenvalue weighted by Crippen LogP contribution is 2.39. The standard InChI is InChI=1S/C18H18N2O5/c21-13-11-18(24-14-5-2-1-4-12(13)14)6-3-8-20(9-7-18)17(23)15-10-16(22)19-25-15/h1-2,4-5,10H,3,6-9,11H2,(H,19,22). The molecule has 1 N–H and O–H groups in total. The van der Waals surface area contributed by atoms with Crippen molar-refractivity contribution in [1.82, 2.24) is 10.1 Å². The smallest absolute Gasteiger partial charge is 0.292 e. The Morgan fingerprint density at radius 2 is 2.00 bits per heavy atom. The molecule has 4 rings (SSSR count). The fraction of sp³-hybridized carbons (Fsp3) is 0.389. The number of carbonyl (C=O) groups excluding carboxylic acids is 2. The molecule has 2 aliphatic rings. The Labute approximate surface area is 143 Å². The van der Waals surface area contributed by atoms with Gasteiger partial charge < -0.3 is 14.2 Å². The third-order valence-corrected chi connectivity index (χ3v) is 4.92. The number of rotatable bonds is 1. The van der Waals surface area contributed by atoms with E-state index in [1.807, 2.05) is 18.2 Å². The molecule has 7 nitrogen and oxygen atoms in total. The minimum Gasteiger partial charge on any atom is -0.486 e. The number of aromatic nitrogens is 1. The van der Waals surface area contributed by atoms with Crippen LogP contribution in [0, 0.1) is 0 Å². The quantitative estimate of drug-likeness (QED) is 0.856. The highest BCUT2D eigenvalue weighted by atomic mass is 16.5. The van der Waals surface area contributed by atoms with Crippen molar-refractivity contribution in [2.75, 3.05) is 13.1 Å². The number of benzene rings is 1. The van der Waals surface area contributed by atoms with Crippen molar-refractivity contribution in [3.63, 3.8) is 0 Å². The molecule has 1 amide bonds. The second kappa shape index (κ2) is 5.91. The number of aromatic amines is 1. The van der Waals surface area contributed by atoms with E-state index in [0.29, 0.717) is 43.7 Å². The largest absolute Gasteiger partial charge is 0.486 e. The molecule has 2 aliphatic heterocycles. The van der Waals surface area contributed by atoms with E-state index in [9.17, 15) is 14.4 Å². The summed E-state index contributed by atoms with van der Waals surface area (Å²) in [5.41, 5.74) is -0.383. The van der Waals surface area contributed by atoms with E-state index in [1.54, 1.807) is 11.0 Å². The van der Waals surface area contributed by atoms with Gasteiger partial charge in [0.15, 0.2) is 5.78 Å². The number of Topliss-reactive ketones (excluding diaryl/α,β-unsaturated/α-hetero) is 1. The van der Waals surface area contributed by atoms with E-state index in [0.717, 1.165) is 12.5 Å². The zero-order valence-corrected chi connectivity index (χ0v) is 13.6. The van der Waals surface area contributed by atoms with E-state index in [4.69, 9.17) is 9.26 Å². The molecule has 7 heteroatoms. The Bertz CT molecular complexity index is 883. The van der Waals surface area contributed by atoms with Crippen LogP contribution in [0.15, 0.2) is 39.6 Å². The van der Waals surface area contributed by atoms with Crippen LogP contribution in [0.2, 0.25) is 0 Å². The van der Waals surface area contributed by atoms with Crippen LogP contribution in [0.25, 0.3) is 0 Å². The van der Waals surface area contributed by atoms with Crippen LogP contribution in [-0.2, 0) is 0 Å². The van der Waals surface area contributed by atoms with Gasteiger partial charge in [0.05, 0.1) is 18.1 Å². The lowest BCUT2D eigenvalue weighted by molar-refractivity contribution is 0.0298. The molecule has 1 unspecified atom stereocenters.